The fourth-order valence-corrected chi connectivity index (χ4v) is 2.65. The predicted molar refractivity (Wildman–Crippen MR) is 63.4 cm³/mol. The van der Waals surface area contributed by atoms with Gasteiger partial charge in [0.25, 0.3) is 0 Å². The number of anilines is 1. The van der Waals surface area contributed by atoms with Crippen LogP contribution < -0.4 is 5.32 Å². The Bertz CT molecular complexity index is 306. The van der Waals surface area contributed by atoms with E-state index in [9.17, 15) is 0 Å². The Labute approximate surface area is 94.9 Å². The number of aromatic nitrogens is 2. The van der Waals surface area contributed by atoms with Crippen LogP contribution in [0.1, 0.15) is 25.6 Å². The minimum Gasteiger partial charge on any atom is -0.357 e. The number of aryl methyl sites for hydroxylation is 1. The van der Waals surface area contributed by atoms with Crippen molar-refractivity contribution in [2.45, 2.75) is 32.7 Å². The molecule has 1 saturated heterocycles. The molecular formula is C10H18N4S. The van der Waals surface area contributed by atoms with Crippen molar-refractivity contribution in [1.82, 2.24) is 14.3 Å². The van der Waals surface area contributed by atoms with Crippen LogP contribution in [0.25, 0.3) is 0 Å². The summed E-state index contributed by atoms with van der Waals surface area (Å²) in [6.07, 6.45) is 2.70. The highest BCUT2D eigenvalue weighted by molar-refractivity contribution is 7.09. The van der Waals surface area contributed by atoms with Gasteiger partial charge in [-0.25, -0.2) is 4.98 Å². The summed E-state index contributed by atoms with van der Waals surface area (Å²) in [5, 5.41) is 4.34. The number of rotatable bonds is 4. The van der Waals surface area contributed by atoms with Gasteiger partial charge in [0.15, 0.2) is 0 Å². The molecule has 1 atom stereocenters. The summed E-state index contributed by atoms with van der Waals surface area (Å²) in [7, 11) is 0. The Morgan fingerprint density at radius 1 is 1.47 bits per heavy atom. The molecule has 0 amide bonds. The van der Waals surface area contributed by atoms with Crippen LogP contribution in [0.3, 0.4) is 0 Å². The van der Waals surface area contributed by atoms with E-state index in [0.717, 1.165) is 17.5 Å². The van der Waals surface area contributed by atoms with Gasteiger partial charge >= 0.3 is 0 Å². The summed E-state index contributed by atoms with van der Waals surface area (Å²) in [5.41, 5.74) is 0. The van der Waals surface area contributed by atoms with Gasteiger partial charge in [-0.2, -0.15) is 4.37 Å². The minimum atomic E-state index is 0.454. The van der Waals surface area contributed by atoms with Gasteiger partial charge in [0, 0.05) is 24.1 Å². The Kier molecular flexibility index (Phi) is 3.53. The molecule has 1 aliphatic heterocycles. The van der Waals surface area contributed by atoms with E-state index in [2.05, 4.69) is 26.5 Å². The molecule has 0 aromatic carbocycles. The Morgan fingerprint density at radius 3 is 2.80 bits per heavy atom. The van der Waals surface area contributed by atoms with Crippen molar-refractivity contribution in [3.05, 3.63) is 5.82 Å². The third-order valence-corrected chi connectivity index (χ3v) is 3.37. The van der Waals surface area contributed by atoms with Gasteiger partial charge in [-0.05, 0) is 39.8 Å². The molecule has 0 aliphatic carbocycles. The second-order valence-electron chi connectivity index (χ2n) is 4.20. The normalized spacial score (nSPS) is 19.3. The SMILES string of the molecule is Cc1nsc(NC(C)CN2CCCC2)n1. The maximum Gasteiger partial charge on any atom is 0.202 e. The first-order valence-electron chi connectivity index (χ1n) is 5.53. The quantitative estimate of drug-likeness (QED) is 0.849. The van der Waals surface area contributed by atoms with E-state index >= 15 is 0 Å². The van der Waals surface area contributed by atoms with Gasteiger partial charge in [0.2, 0.25) is 5.13 Å². The average Bonchev–Trinajstić information content (AvgIpc) is 2.77. The lowest BCUT2D eigenvalue weighted by molar-refractivity contribution is 0.328. The molecule has 5 heteroatoms. The maximum absolute atomic E-state index is 4.30. The first kappa shape index (κ1) is 10.8. The van der Waals surface area contributed by atoms with Gasteiger partial charge in [0.1, 0.15) is 5.82 Å². The highest BCUT2D eigenvalue weighted by atomic mass is 32.1. The molecule has 0 saturated carbocycles. The van der Waals surface area contributed by atoms with Crippen molar-refractivity contribution in [2.75, 3.05) is 25.0 Å². The Hall–Kier alpha value is -0.680. The summed E-state index contributed by atoms with van der Waals surface area (Å²) in [6, 6.07) is 0.454. The molecule has 4 nitrogen and oxygen atoms in total. The standard InChI is InChI=1S/C10H18N4S/c1-8(7-14-5-3-4-6-14)11-10-12-9(2)13-15-10/h8H,3-7H2,1-2H3,(H,11,12,13). The van der Waals surface area contributed by atoms with Gasteiger partial charge in [-0.15, -0.1) is 0 Å². The van der Waals surface area contributed by atoms with Crippen LogP contribution in [0, 0.1) is 6.92 Å². The Balaban J connectivity index is 1.78. The molecule has 15 heavy (non-hydrogen) atoms. The van der Waals surface area contributed by atoms with E-state index in [0.29, 0.717) is 6.04 Å². The largest absolute Gasteiger partial charge is 0.357 e. The lowest BCUT2D eigenvalue weighted by atomic mass is 10.3. The monoisotopic (exact) mass is 226 g/mol. The molecule has 1 aliphatic rings. The number of likely N-dealkylation sites (tertiary alicyclic amines) is 1. The zero-order valence-electron chi connectivity index (χ0n) is 9.36. The number of hydrogen-bond donors (Lipinski definition) is 1. The summed E-state index contributed by atoms with van der Waals surface area (Å²) in [6.45, 7) is 7.74. The van der Waals surface area contributed by atoms with Gasteiger partial charge in [-0.1, -0.05) is 0 Å². The summed E-state index contributed by atoms with van der Waals surface area (Å²) < 4.78 is 4.16. The molecule has 1 aromatic rings. The van der Waals surface area contributed by atoms with E-state index in [1.54, 1.807) is 0 Å². The smallest absolute Gasteiger partial charge is 0.202 e. The fourth-order valence-electron chi connectivity index (χ4n) is 1.96. The predicted octanol–water partition coefficient (Wildman–Crippen LogP) is 1.74. The van der Waals surface area contributed by atoms with Crippen molar-refractivity contribution in [3.8, 4) is 0 Å². The van der Waals surface area contributed by atoms with Crippen LogP contribution in [-0.2, 0) is 0 Å². The molecule has 1 aromatic heterocycles. The van der Waals surface area contributed by atoms with E-state index < -0.39 is 0 Å². The number of nitrogens with one attached hydrogen (secondary N) is 1. The molecule has 0 radical (unpaired) electrons. The molecule has 1 N–H and O–H groups in total. The molecule has 2 heterocycles. The molecule has 2 rings (SSSR count). The van der Waals surface area contributed by atoms with Crippen LogP contribution in [0.4, 0.5) is 5.13 Å². The number of nitrogens with zero attached hydrogens (tertiary/aromatic N) is 3. The highest BCUT2D eigenvalue weighted by Gasteiger charge is 2.15. The van der Waals surface area contributed by atoms with Crippen LogP contribution >= 0.6 is 11.5 Å². The van der Waals surface area contributed by atoms with Crippen LogP contribution in [-0.4, -0.2) is 39.9 Å². The van der Waals surface area contributed by atoms with Crippen LogP contribution in [0.15, 0.2) is 0 Å². The highest BCUT2D eigenvalue weighted by Crippen LogP contribution is 2.13. The van der Waals surface area contributed by atoms with Crippen molar-refractivity contribution in [3.63, 3.8) is 0 Å². The second-order valence-corrected chi connectivity index (χ2v) is 4.95. The van der Waals surface area contributed by atoms with Crippen molar-refractivity contribution in [2.24, 2.45) is 0 Å². The van der Waals surface area contributed by atoms with E-state index in [1.807, 2.05) is 6.92 Å². The van der Waals surface area contributed by atoms with E-state index in [4.69, 9.17) is 0 Å². The summed E-state index contributed by atoms with van der Waals surface area (Å²) in [5.74, 6) is 0.857. The first-order valence-corrected chi connectivity index (χ1v) is 6.30. The van der Waals surface area contributed by atoms with Crippen molar-refractivity contribution >= 4 is 16.7 Å². The summed E-state index contributed by atoms with van der Waals surface area (Å²) in [4.78, 5) is 6.81. The molecule has 0 bridgehead atoms. The third-order valence-electron chi connectivity index (χ3n) is 2.63. The average molecular weight is 226 g/mol. The molecule has 84 valence electrons. The molecule has 0 spiro atoms. The zero-order chi connectivity index (χ0) is 10.7. The third kappa shape index (κ3) is 3.14. The summed E-state index contributed by atoms with van der Waals surface area (Å²) >= 11 is 1.45. The van der Waals surface area contributed by atoms with Crippen LogP contribution in [0.5, 0.6) is 0 Å². The van der Waals surface area contributed by atoms with Gasteiger partial charge < -0.3 is 10.2 Å². The zero-order valence-corrected chi connectivity index (χ0v) is 10.2. The van der Waals surface area contributed by atoms with Crippen LogP contribution in [0.2, 0.25) is 0 Å². The second kappa shape index (κ2) is 4.90. The van der Waals surface area contributed by atoms with Gasteiger partial charge in [0.05, 0.1) is 0 Å². The lowest BCUT2D eigenvalue weighted by Crippen LogP contribution is -2.32. The Morgan fingerprint density at radius 2 is 2.20 bits per heavy atom. The minimum absolute atomic E-state index is 0.454. The topological polar surface area (TPSA) is 41.1 Å². The van der Waals surface area contributed by atoms with Crippen molar-refractivity contribution in [1.29, 1.82) is 0 Å². The number of hydrogen-bond acceptors (Lipinski definition) is 5. The van der Waals surface area contributed by atoms with E-state index in [-0.39, 0.29) is 0 Å². The fraction of sp³-hybridized carbons (Fsp3) is 0.800. The molecule has 1 fully saturated rings. The maximum atomic E-state index is 4.30. The first-order chi connectivity index (χ1) is 7.24. The molecule has 1 unspecified atom stereocenters. The van der Waals surface area contributed by atoms with E-state index in [1.165, 1.54) is 37.5 Å². The van der Waals surface area contributed by atoms with Crippen molar-refractivity contribution < 1.29 is 0 Å². The lowest BCUT2D eigenvalue weighted by Gasteiger charge is -2.20. The van der Waals surface area contributed by atoms with Gasteiger partial charge in [-0.3, -0.25) is 0 Å². The molecular weight excluding hydrogens is 208 g/mol.